The van der Waals surface area contributed by atoms with E-state index in [4.69, 9.17) is 5.11 Å². The van der Waals surface area contributed by atoms with E-state index >= 15 is 0 Å². The van der Waals surface area contributed by atoms with Crippen molar-refractivity contribution in [2.24, 2.45) is 0 Å². The first-order chi connectivity index (χ1) is 9.02. The molecule has 0 amide bonds. The minimum Gasteiger partial charge on any atom is -0.478 e. The average molecular weight is 257 g/mol. The summed E-state index contributed by atoms with van der Waals surface area (Å²) in [5.74, 6) is -2.28. The Morgan fingerprint density at radius 1 is 1.00 bits per heavy atom. The average Bonchev–Trinajstić information content (AvgIpc) is 2.38. The predicted octanol–water partition coefficient (Wildman–Crippen LogP) is 2.45. The summed E-state index contributed by atoms with van der Waals surface area (Å²) in [5.41, 5.74) is 1.42. The first kappa shape index (κ1) is 12.8. The van der Waals surface area contributed by atoms with Crippen molar-refractivity contribution in [3.8, 4) is 11.1 Å². The lowest BCUT2D eigenvalue weighted by molar-refractivity contribution is 0.0696. The van der Waals surface area contributed by atoms with Crippen LogP contribution in [0, 0.1) is 6.92 Å². The maximum absolute atomic E-state index is 11.4. The Kier molecular flexibility index (Phi) is 3.29. The number of carboxylic acids is 2. The van der Waals surface area contributed by atoms with Crippen molar-refractivity contribution in [3.05, 3.63) is 53.3 Å². The molecule has 19 heavy (non-hydrogen) atoms. The van der Waals surface area contributed by atoms with Gasteiger partial charge in [0.05, 0.1) is 11.1 Å². The van der Waals surface area contributed by atoms with Crippen LogP contribution in [0.25, 0.3) is 11.1 Å². The van der Waals surface area contributed by atoms with Crippen LogP contribution in [0.3, 0.4) is 0 Å². The minimum absolute atomic E-state index is 0.00444. The second-order valence-electron chi connectivity index (χ2n) is 4.01. The Morgan fingerprint density at radius 3 is 2.16 bits per heavy atom. The fourth-order valence-corrected chi connectivity index (χ4v) is 1.99. The van der Waals surface area contributed by atoms with Gasteiger partial charge >= 0.3 is 11.9 Å². The van der Waals surface area contributed by atoms with Crippen molar-refractivity contribution in [1.82, 2.24) is 4.98 Å². The molecule has 0 radical (unpaired) electrons. The van der Waals surface area contributed by atoms with E-state index in [0.717, 1.165) is 0 Å². The fraction of sp³-hybridized carbons (Fsp3) is 0.0714. The quantitative estimate of drug-likeness (QED) is 0.881. The molecule has 0 aliphatic heterocycles. The van der Waals surface area contributed by atoms with Crippen molar-refractivity contribution in [2.75, 3.05) is 0 Å². The summed E-state index contributed by atoms with van der Waals surface area (Å²) < 4.78 is 0. The van der Waals surface area contributed by atoms with Crippen LogP contribution in [0.2, 0.25) is 0 Å². The van der Waals surface area contributed by atoms with Crippen molar-refractivity contribution in [1.29, 1.82) is 0 Å². The molecule has 2 rings (SSSR count). The third-order valence-electron chi connectivity index (χ3n) is 2.90. The summed E-state index contributed by atoms with van der Waals surface area (Å²) in [4.78, 5) is 26.3. The number of benzene rings is 1. The van der Waals surface area contributed by atoms with Gasteiger partial charge in [-0.15, -0.1) is 0 Å². The smallest absolute Gasteiger partial charge is 0.336 e. The second kappa shape index (κ2) is 4.89. The molecule has 0 atom stereocenters. The Bertz CT molecular complexity index is 650. The fourth-order valence-electron chi connectivity index (χ4n) is 1.99. The van der Waals surface area contributed by atoms with Crippen molar-refractivity contribution in [2.45, 2.75) is 6.92 Å². The summed E-state index contributed by atoms with van der Waals surface area (Å²) in [5, 5.41) is 18.3. The third-order valence-corrected chi connectivity index (χ3v) is 2.90. The van der Waals surface area contributed by atoms with E-state index in [9.17, 15) is 14.7 Å². The molecule has 0 bridgehead atoms. The number of hydrogen-bond donors (Lipinski definition) is 2. The number of rotatable bonds is 3. The lowest BCUT2D eigenvalue weighted by Crippen LogP contribution is -2.09. The maximum Gasteiger partial charge on any atom is 0.336 e. The molecule has 0 fully saturated rings. The number of carboxylic acid groups (broad SMARTS) is 2. The highest BCUT2D eigenvalue weighted by Gasteiger charge is 2.19. The van der Waals surface area contributed by atoms with Gasteiger partial charge in [0, 0.05) is 12.4 Å². The number of hydrogen-bond acceptors (Lipinski definition) is 3. The first-order valence-corrected chi connectivity index (χ1v) is 5.53. The molecule has 0 spiro atoms. The SMILES string of the molecule is Cc1c(C(=O)O)ccc(-c2ccncc2)c1C(=O)O. The molecule has 0 unspecified atom stereocenters. The van der Waals surface area contributed by atoms with Crippen LogP contribution < -0.4 is 0 Å². The van der Waals surface area contributed by atoms with Crippen LogP contribution >= 0.6 is 0 Å². The van der Waals surface area contributed by atoms with Gasteiger partial charge in [0.15, 0.2) is 0 Å². The minimum atomic E-state index is -1.15. The highest BCUT2D eigenvalue weighted by molar-refractivity contribution is 6.02. The summed E-state index contributed by atoms with van der Waals surface area (Å²) in [6, 6.07) is 6.29. The van der Waals surface area contributed by atoms with Crippen molar-refractivity contribution < 1.29 is 19.8 Å². The van der Waals surface area contributed by atoms with Gasteiger partial charge in [-0.2, -0.15) is 0 Å². The van der Waals surface area contributed by atoms with Crippen LogP contribution in [0.4, 0.5) is 0 Å². The largest absolute Gasteiger partial charge is 0.478 e. The number of carbonyl (C=O) groups is 2. The molecule has 1 aromatic heterocycles. The lowest BCUT2D eigenvalue weighted by atomic mass is 9.93. The molecule has 0 aliphatic carbocycles. The summed E-state index contributed by atoms with van der Waals surface area (Å²) in [6.07, 6.45) is 3.11. The lowest BCUT2D eigenvalue weighted by Gasteiger charge is -2.11. The van der Waals surface area contributed by atoms with Crippen LogP contribution in [-0.4, -0.2) is 27.1 Å². The van der Waals surface area contributed by atoms with E-state index in [1.54, 1.807) is 24.5 Å². The zero-order valence-electron chi connectivity index (χ0n) is 10.1. The number of aromatic carboxylic acids is 2. The van der Waals surface area contributed by atoms with Gasteiger partial charge in [0.1, 0.15) is 0 Å². The predicted molar refractivity (Wildman–Crippen MR) is 68.3 cm³/mol. The molecule has 96 valence electrons. The number of pyridine rings is 1. The molecule has 0 saturated carbocycles. The second-order valence-corrected chi connectivity index (χ2v) is 4.01. The van der Waals surface area contributed by atoms with Crippen LogP contribution in [0.15, 0.2) is 36.7 Å². The van der Waals surface area contributed by atoms with Crippen LogP contribution in [0.5, 0.6) is 0 Å². The van der Waals surface area contributed by atoms with Gasteiger partial charge in [0.2, 0.25) is 0 Å². The van der Waals surface area contributed by atoms with Gasteiger partial charge in [-0.05, 0) is 41.8 Å². The van der Waals surface area contributed by atoms with E-state index < -0.39 is 11.9 Å². The highest BCUT2D eigenvalue weighted by atomic mass is 16.4. The Morgan fingerprint density at radius 2 is 1.63 bits per heavy atom. The van der Waals surface area contributed by atoms with Crippen LogP contribution in [-0.2, 0) is 0 Å². The molecule has 1 heterocycles. The maximum atomic E-state index is 11.4. The van der Waals surface area contributed by atoms with E-state index in [0.29, 0.717) is 11.1 Å². The number of aromatic nitrogens is 1. The van der Waals surface area contributed by atoms with Gasteiger partial charge in [-0.25, -0.2) is 9.59 Å². The zero-order valence-corrected chi connectivity index (χ0v) is 10.1. The molecule has 5 nitrogen and oxygen atoms in total. The van der Waals surface area contributed by atoms with E-state index in [2.05, 4.69) is 4.98 Å². The topological polar surface area (TPSA) is 87.5 Å². The van der Waals surface area contributed by atoms with Crippen molar-refractivity contribution in [3.63, 3.8) is 0 Å². The Labute approximate surface area is 109 Å². The standard InChI is InChI=1S/C14H11NO4/c1-8-10(13(16)17)2-3-11(12(8)14(18)19)9-4-6-15-7-5-9/h2-7H,1H3,(H,16,17)(H,18,19). The molecular formula is C14H11NO4. The summed E-state index contributed by atoms with van der Waals surface area (Å²) >= 11 is 0. The van der Waals surface area contributed by atoms with E-state index in [1.807, 2.05) is 0 Å². The first-order valence-electron chi connectivity index (χ1n) is 5.53. The van der Waals surface area contributed by atoms with Gasteiger partial charge in [-0.1, -0.05) is 6.07 Å². The monoisotopic (exact) mass is 257 g/mol. The van der Waals surface area contributed by atoms with Crippen molar-refractivity contribution >= 4 is 11.9 Å². The highest BCUT2D eigenvalue weighted by Crippen LogP contribution is 2.28. The van der Waals surface area contributed by atoms with E-state index in [1.165, 1.54) is 19.1 Å². The zero-order chi connectivity index (χ0) is 14.0. The normalized spacial score (nSPS) is 10.2. The molecule has 0 saturated heterocycles. The van der Waals surface area contributed by atoms with Crippen LogP contribution in [0.1, 0.15) is 26.3 Å². The molecule has 2 N–H and O–H groups in total. The molecule has 1 aromatic carbocycles. The molecule has 0 aliphatic rings. The number of nitrogens with zero attached hydrogens (tertiary/aromatic N) is 1. The molecule has 2 aromatic rings. The Balaban J connectivity index is 2.73. The third kappa shape index (κ3) is 2.30. The van der Waals surface area contributed by atoms with E-state index in [-0.39, 0.29) is 16.7 Å². The molecule has 5 heteroatoms. The van der Waals surface area contributed by atoms with Gasteiger partial charge < -0.3 is 10.2 Å². The summed E-state index contributed by atoms with van der Waals surface area (Å²) in [7, 11) is 0. The Hall–Kier alpha value is -2.69. The van der Waals surface area contributed by atoms with Gasteiger partial charge in [0.25, 0.3) is 0 Å². The molecular weight excluding hydrogens is 246 g/mol. The summed E-state index contributed by atoms with van der Waals surface area (Å²) in [6.45, 7) is 1.50. The van der Waals surface area contributed by atoms with Gasteiger partial charge in [-0.3, -0.25) is 4.98 Å².